The number of hydrogen-bond donors (Lipinski definition) is 0. The van der Waals surface area contributed by atoms with Gasteiger partial charge in [-0.15, -0.1) is 10.2 Å². The Morgan fingerprint density at radius 1 is 1.00 bits per heavy atom. The van der Waals surface area contributed by atoms with Crippen molar-refractivity contribution in [3.05, 3.63) is 54.1 Å². The lowest BCUT2D eigenvalue weighted by Crippen LogP contribution is -2.37. The second-order valence-electron chi connectivity index (χ2n) is 8.13. The summed E-state index contributed by atoms with van der Waals surface area (Å²) in [7, 11) is 1.55. The highest BCUT2D eigenvalue weighted by molar-refractivity contribution is 5.93. The summed E-state index contributed by atoms with van der Waals surface area (Å²) in [4.78, 5) is 21.5. The highest BCUT2D eigenvalue weighted by Gasteiger charge is 2.24. The number of para-hydroxylation sites is 1. The van der Waals surface area contributed by atoms with Gasteiger partial charge in [0.1, 0.15) is 6.61 Å². The van der Waals surface area contributed by atoms with Crippen LogP contribution >= 0.6 is 0 Å². The molecule has 1 amide bonds. The zero-order valence-corrected chi connectivity index (χ0v) is 18.4. The fourth-order valence-corrected chi connectivity index (χ4v) is 4.25. The number of rotatable bonds is 4. The number of fused-ring (bicyclic) bond motifs is 3. The molecule has 0 N–H and O–H groups in total. The molecular weight excluding hydrogens is 404 g/mol. The van der Waals surface area contributed by atoms with Gasteiger partial charge in [-0.05, 0) is 25.5 Å². The number of amides is 1. The average Bonchev–Trinajstić information content (AvgIpc) is 3.10. The third-order valence-electron chi connectivity index (χ3n) is 5.94. The summed E-state index contributed by atoms with van der Waals surface area (Å²) < 4.78 is 7.10. The molecule has 0 atom stereocenters. The Morgan fingerprint density at radius 3 is 2.62 bits per heavy atom. The highest BCUT2D eigenvalue weighted by Crippen LogP contribution is 2.29. The molecule has 1 fully saturated rings. The van der Waals surface area contributed by atoms with Crippen molar-refractivity contribution in [1.82, 2.24) is 24.5 Å². The Labute approximate surface area is 186 Å². The lowest BCUT2D eigenvalue weighted by molar-refractivity contribution is -0.134. The summed E-state index contributed by atoms with van der Waals surface area (Å²) in [5.74, 6) is 1.60. The molecule has 1 aliphatic rings. The number of benzene rings is 2. The Hall–Kier alpha value is -3.52. The molecule has 0 spiro atoms. The molecular formula is C24H26N6O2. The Morgan fingerprint density at radius 2 is 1.81 bits per heavy atom. The lowest BCUT2D eigenvalue weighted by atomic mass is 10.1. The van der Waals surface area contributed by atoms with Crippen LogP contribution in [0.4, 0.5) is 5.95 Å². The Kier molecular flexibility index (Phi) is 5.45. The first-order chi connectivity index (χ1) is 15.7. The van der Waals surface area contributed by atoms with Crippen molar-refractivity contribution in [3.63, 3.8) is 0 Å². The summed E-state index contributed by atoms with van der Waals surface area (Å²) in [6.45, 7) is 4.99. The maximum absolute atomic E-state index is 12.3. The smallest absolute Gasteiger partial charge is 0.248 e. The molecule has 8 nitrogen and oxygen atoms in total. The SMILES string of the molecule is COCC(=O)N1CCCN(c2nc3ccccc3c3nnc(-c4ccc(C)cc4)n23)CC1. The van der Waals surface area contributed by atoms with E-state index in [1.165, 1.54) is 5.56 Å². The van der Waals surface area contributed by atoms with Gasteiger partial charge in [0.15, 0.2) is 11.5 Å². The minimum absolute atomic E-state index is 0.0237. The van der Waals surface area contributed by atoms with E-state index < -0.39 is 0 Å². The number of ether oxygens (including phenoxy) is 1. The fraction of sp³-hybridized carbons (Fsp3) is 0.333. The summed E-state index contributed by atoms with van der Waals surface area (Å²) in [5, 5.41) is 10.1. The van der Waals surface area contributed by atoms with E-state index >= 15 is 0 Å². The largest absolute Gasteiger partial charge is 0.375 e. The van der Waals surface area contributed by atoms with E-state index in [1.54, 1.807) is 7.11 Å². The van der Waals surface area contributed by atoms with Gasteiger partial charge in [-0.3, -0.25) is 4.79 Å². The van der Waals surface area contributed by atoms with Crippen molar-refractivity contribution in [2.24, 2.45) is 0 Å². The average molecular weight is 431 g/mol. The first kappa shape index (κ1) is 20.4. The predicted octanol–water partition coefficient (Wildman–Crippen LogP) is 2.94. The number of carbonyl (C=O) groups excluding carboxylic acids is 1. The number of carbonyl (C=O) groups is 1. The van der Waals surface area contributed by atoms with E-state index in [4.69, 9.17) is 9.72 Å². The maximum atomic E-state index is 12.3. The number of aromatic nitrogens is 4. The molecule has 1 aliphatic heterocycles. The van der Waals surface area contributed by atoms with Crippen molar-refractivity contribution in [2.45, 2.75) is 13.3 Å². The minimum atomic E-state index is 0.0237. The Balaban J connectivity index is 1.62. The van der Waals surface area contributed by atoms with Gasteiger partial charge in [-0.2, -0.15) is 0 Å². The first-order valence-electron chi connectivity index (χ1n) is 10.9. The number of aryl methyl sites for hydroxylation is 1. The van der Waals surface area contributed by atoms with Crippen LogP contribution in [0.25, 0.3) is 27.9 Å². The molecule has 4 aromatic rings. The molecule has 0 radical (unpaired) electrons. The van der Waals surface area contributed by atoms with Crippen LogP contribution in [-0.4, -0.2) is 70.3 Å². The van der Waals surface area contributed by atoms with Gasteiger partial charge in [0.25, 0.3) is 0 Å². The number of methoxy groups -OCH3 is 1. The van der Waals surface area contributed by atoms with Crippen LogP contribution < -0.4 is 4.90 Å². The topological polar surface area (TPSA) is 75.9 Å². The van der Waals surface area contributed by atoms with Crippen molar-refractivity contribution in [3.8, 4) is 11.4 Å². The maximum Gasteiger partial charge on any atom is 0.248 e. The van der Waals surface area contributed by atoms with Gasteiger partial charge in [0.05, 0.1) is 5.52 Å². The quantitative estimate of drug-likeness (QED) is 0.496. The number of nitrogens with zero attached hydrogens (tertiary/aromatic N) is 6. The summed E-state index contributed by atoms with van der Waals surface area (Å²) >= 11 is 0. The monoisotopic (exact) mass is 430 g/mol. The highest BCUT2D eigenvalue weighted by atomic mass is 16.5. The van der Waals surface area contributed by atoms with Gasteiger partial charge in [-0.25, -0.2) is 9.38 Å². The second-order valence-corrected chi connectivity index (χ2v) is 8.13. The van der Waals surface area contributed by atoms with E-state index in [0.717, 1.165) is 46.9 Å². The molecule has 32 heavy (non-hydrogen) atoms. The molecule has 0 saturated carbocycles. The zero-order valence-electron chi connectivity index (χ0n) is 18.4. The molecule has 0 aliphatic carbocycles. The van der Waals surface area contributed by atoms with Crippen LogP contribution in [0.1, 0.15) is 12.0 Å². The molecule has 1 saturated heterocycles. The normalized spacial score (nSPS) is 14.8. The van der Waals surface area contributed by atoms with Crippen LogP contribution in [-0.2, 0) is 9.53 Å². The van der Waals surface area contributed by atoms with Crippen LogP contribution in [0.5, 0.6) is 0 Å². The first-order valence-corrected chi connectivity index (χ1v) is 10.9. The van der Waals surface area contributed by atoms with Crippen LogP contribution in [0.3, 0.4) is 0 Å². The van der Waals surface area contributed by atoms with Crippen molar-refractivity contribution >= 4 is 28.4 Å². The number of hydrogen-bond acceptors (Lipinski definition) is 6. The third kappa shape index (κ3) is 3.67. The van der Waals surface area contributed by atoms with Crippen LogP contribution in [0, 0.1) is 6.92 Å². The molecule has 5 rings (SSSR count). The van der Waals surface area contributed by atoms with E-state index in [0.29, 0.717) is 19.6 Å². The summed E-state index contributed by atoms with van der Waals surface area (Å²) in [6, 6.07) is 16.3. The van der Waals surface area contributed by atoms with Crippen LogP contribution in [0.2, 0.25) is 0 Å². The van der Waals surface area contributed by atoms with Crippen molar-refractivity contribution < 1.29 is 9.53 Å². The van der Waals surface area contributed by atoms with E-state index in [9.17, 15) is 4.79 Å². The molecule has 8 heteroatoms. The van der Waals surface area contributed by atoms with Gasteiger partial charge in [0.2, 0.25) is 11.9 Å². The lowest BCUT2D eigenvalue weighted by Gasteiger charge is -2.24. The van der Waals surface area contributed by atoms with Gasteiger partial charge >= 0.3 is 0 Å². The molecule has 2 aromatic carbocycles. The zero-order chi connectivity index (χ0) is 22.1. The standard InChI is InChI=1S/C24H26N6O2/c1-17-8-10-18(11-9-17)22-26-27-23-19-6-3-4-7-20(19)25-24(30(22)23)29-13-5-12-28(14-15-29)21(31)16-32-2/h3-4,6-11H,5,12-16H2,1-2H3. The third-order valence-corrected chi connectivity index (χ3v) is 5.94. The predicted molar refractivity (Wildman–Crippen MR) is 124 cm³/mol. The van der Waals surface area contributed by atoms with E-state index in [2.05, 4.69) is 50.7 Å². The van der Waals surface area contributed by atoms with Gasteiger partial charge in [-0.1, -0.05) is 42.0 Å². The van der Waals surface area contributed by atoms with Gasteiger partial charge in [0, 0.05) is 44.2 Å². The van der Waals surface area contributed by atoms with Gasteiger partial charge < -0.3 is 14.5 Å². The summed E-state index contributed by atoms with van der Waals surface area (Å²) in [5.41, 5.74) is 3.86. The Bertz CT molecular complexity index is 1270. The number of anilines is 1. The van der Waals surface area contributed by atoms with E-state index in [1.807, 2.05) is 29.2 Å². The molecule has 164 valence electrons. The molecule has 0 bridgehead atoms. The molecule has 2 aromatic heterocycles. The minimum Gasteiger partial charge on any atom is -0.375 e. The van der Waals surface area contributed by atoms with E-state index in [-0.39, 0.29) is 12.5 Å². The van der Waals surface area contributed by atoms with Crippen molar-refractivity contribution in [2.75, 3.05) is 44.8 Å². The summed E-state index contributed by atoms with van der Waals surface area (Å²) in [6.07, 6.45) is 0.855. The molecule has 3 heterocycles. The second kappa shape index (κ2) is 8.55. The van der Waals surface area contributed by atoms with Crippen LogP contribution in [0.15, 0.2) is 48.5 Å². The van der Waals surface area contributed by atoms with Crippen molar-refractivity contribution in [1.29, 1.82) is 0 Å². The molecule has 0 unspecified atom stereocenters. The fourth-order valence-electron chi connectivity index (χ4n) is 4.25.